The summed E-state index contributed by atoms with van der Waals surface area (Å²) >= 11 is 0. The number of rotatable bonds is 0. The van der Waals surface area contributed by atoms with Crippen LogP contribution in [-0.2, 0) is 4.79 Å². The van der Waals surface area contributed by atoms with Gasteiger partial charge in [0.15, 0.2) is 0 Å². The molecule has 192 valence electrons. The van der Waals surface area contributed by atoms with Gasteiger partial charge in [-0.25, -0.2) is 0 Å². The number of aliphatic hydroxyl groups excluding tert-OH is 4. The Morgan fingerprint density at radius 2 is 1.46 bits per heavy atom. The van der Waals surface area contributed by atoms with Gasteiger partial charge < -0.3 is 25.7 Å². The number of aliphatic hydroxyl groups is 4. The van der Waals surface area contributed by atoms with Gasteiger partial charge in [-0.2, -0.15) is 0 Å². The highest BCUT2D eigenvalue weighted by atomic mass is 16.4. The molecule has 5 N–H and O–H groups in total. The molecule has 0 bridgehead atoms. The van der Waals surface area contributed by atoms with Crippen LogP contribution in [0.4, 0.5) is 0 Å². The summed E-state index contributed by atoms with van der Waals surface area (Å²) in [6, 6.07) is -0.00833. The summed E-state index contributed by atoms with van der Waals surface area (Å²) in [5, 5.41) is 43.9. The fourth-order valence-electron chi connectivity index (χ4n) is 3.34. The lowest BCUT2D eigenvalue weighted by atomic mass is 9.93. The molecule has 1 amide bonds. The van der Waals surface area contributed by atoms with E-state index in [0.717, 1.165) is 11.1 Å². The molecule has 35 heavy (non-hydrogen) atoms. The van der Waals surface area contributed by atoms with E-state index in [0.29, 0.717) is 6.42 Å². The number of hydrogen-bond acceptors (Lipinski definition) is 5. The topological polar surface area (TPSA) is 110 Å². The van der Waals surface area contributed by atoms with Crippen molar-refractivity contribution >= 4 is 5.91 Å². The molecule has 0 aromatic rings. The Kier molecular flexibility index (Phi) is 14.5. The SMILES string of the molecule is CC1=CC=CC[C@H](C)NC(=O)C=CC=CC=C[C@H](C)[C@@H](O)[C@H](O)[C@@H](O)C[C@@H](O)/C=C\C=CC(C)=C1. The molecule has 0 fully saturated rings. The third-order valence-electron chi connectivity index (χ3n) is 5.39. The zero-order valence-corrected chi connectivity index (χ0v) is 21.2. The molecule has 0 aliphatic carbocycles. The highest BCUT2D eigenvalue weighted by Crippen LogP contribution is 2.15. The molecule has 1 aliphatic heterocycles. The molecule has 1 aliphatic rings. The van der Waals surface area contributed by atoms with Crippen LogP contribution in [0.25, 0.3) is 0 Å². The minimum absolute atomic E-state index is 0.00833. The normalized spacial score (nSPS) is 31.5. The van der Waals surface area contributed by atoms with Crippen LogP contribution in [0.5, 0.6) is 0 Å². The first-order valence-electron chi connectivity index (χ1n) is 12.0. The van der Waals surface area contributed by atoms with Crippen LogP contribution in [-0.4, -0.2) is 56.8 Å². The highest BCUT2D eigenvalue weighted by molar-refractivity contribution is 5.87. The van der Waals surface area contributed by atoms with Crippen LogP contribution in [0, 0.1) is 5.92 Å². The van der Waals surface area contributed by atoms with Crippen molar-refractivity contribution in [3.05, 3.63) is 96.2 Å². The average molecular weight is 484 g/mol. The Morgan fingerprint density at radius 3 is 2.20 bits per heavy atom. The van der Waals surface area contributed by atoms with E-state index in [1.165, 1.54) is 12.2 Å². The molecule has 0 spiro atoms. The second-order valence-electron chi connectivity index (χ2n) is 8.96. The van der Waals surface area contributed by atoms with Crippen LogP contribution in [0.15, 0.2) is 96.2 Å². The van der Waals surface area contributed by atoms with E-state index in [4.69, 9.17) is 0 Å². The molecule has 6 atom stereocenters. The molecule has 0 aromatic heterocycles. The first kappa shape index (κ1) is 30.3. The molecule has 1 heterocycles. The fourth-order valence-corrected chi connectivity index (χ4v) is 3.34. The predicted octanol–water partition coefficient (Wildman–Crippen LogP) is 3.59. The lowest BCUT2D eigenvalue weighted by Crippen LogP contribution is -2.41. The zero-order chi connectivity index (χ0) is 26.2. The average Bonchev–Trinajstić information content (AvgIpc) is 2.79. The van der Waals surface area contributed by atoms with Crippen molar-refractivity contribution in [1.29, 1.82) is 0 Å². The molecule has 0 unspecified atom stereocenters. The third-order valence-corrected chi connectivity index (χ3v) is 5.39. The Hall–Kier alpha value is -2.77. The molecule has 6 heteroatoms. The van der Waals surface area contributed by atoms with Gasteiger partial charge in [-0.15, -0.1) is 0 Å². The van der Waals surface area contributed by atoms with Crippen molar-refractivity contribution in [2.75, 3.05) is 0 Å². The highest BCUT2D eigenvalue weighted by Gasteiger charge is 2.28. The van der Waals surface area contributed by atoms with E-state index in [2.05, 4.69) is 5.32 Å². The predicted molar refractivity (Wildman–Crippen MR) is 142 cm³/mol. The van der Waals surface area contributed by atoms with Crippen molar-refractivity contribution < 1.29 is 25.2 Å². The van der Waals surface area contributed by atoms with E-state index in [1.54, 1.807) is 49.5 Å². The summed E-state index contributed by atoms with van der Waals surface area (Å²) in [6.07, 6.45) is 20.5. The molecule has 0 aromatic carbocycles. The Bertz CT molecular complexity index is 891. The van der Waals surface area contributed by atoms with Crippen LogP contribution in [0.3, 0.4) is 0 Å². The van der Waals surface area contributed by atoms with E-state index in [1.807, 2.05) is 51.2 Å². The largest absolute Gasteiger partial charge is 0.390 e. The number of hydrogen-bond donors (Lipinski definition) is 5. The van der Waals surface area contributed by atoms with Gasteiger partial charge in [0, 0.05) is 24.5 Å². The van der Waals surface area contributed by atoms with Crippen molar-refractivity contribution in [1.82, 2.24) is 5.32 Å². The number of carbonyl (C=O) groups excluding carboxylic acids is 1. The minimum Gasteiger partial charge on any atom is -0.390 e. The summed E-state index contributed by atoms with van der Waals surface area (Å²) in [6.45, 7) is 7.62. The summed E-state index contributed by atoms with van der Waals surface area (Å²) < 4.78 is 0. The van der Waals surface area contributed by atoms with Gasteiger partial charge in [0.1, 0.15) is 6.10 Å². The number of carbonyl (C=O) groups is 1. The van der Waals surface area contributed by atoms with Gasteiger partial charge in [-0.3, -0.25) is 4.79 Å². The Balaban J connectivity index is 3.00. The maximum atomic E-state index is 12.0. The zero-order valence-electron chi connectivity index (χ0n) is 21.2. The lowest BCUT2D eigenvalue weighted by Gasteiger charge is -2.26. The van der Waals surface area contributed by atoms with Crippen LogP contribution in [0.1, 0.15) is 40.5 Å². The Labute approximate surface area is 209 Å². The van der Waals surface area contributed by atoms with Crippen LogP contribution in [0.2, 0.25) is 0 Å². The van der Waals surface area contributed by atoms with Crippen LogP contribution >= 0.6 is 0 Å². The summed E-state index contributed by atoms with van der Waals surface area (Å²) in [4.78, 5) is 12.0. The second kappa shape index (κ2) is 16.8. The molecule has 6 nitrogen and oxygen atoms in total. The smallest absolute Gasteiger partial charge is 0.244 e. The maximum Gasteiger partial charge on any atom is 0.244 e. The lowest BCUT2D eigenvalue weighted by molar-refractivity contribution is -0.117. The summed E-state index contributed by atoms with van der Waals surface area (Å²) in [5.74, 6) is -0.623. The van der Waals surface area contributed by atoms with Gasteiger partial charge >= 0.3 is 0 Å². The van der Waals surface area contributed by atoms with Gasteiger partial charge in [-0.05, 0) is 27.2 Å². The molecular weight excluding hydrogens is 442 g/mol. The molecule has 0 radical (unpaired) electrons. The number of nitrogens with one attached hydrogen (secondary N) is 1. The number of allylic oxidation sites excluding steroid dienone is 12. The van der Waals surface area contributed by atoms with Crippen molar-refractivity contribution in [3.63, 3.8) is 0 Å². The fraction of sp³-hybridized carbons (Fsp3) is 0.414. The quantitative estimate of drug-likeness (QED) is 0.362. The number of amides is 1. The third kappa shape index (κ3) is 13.6. The molecule has 0 saturated carbocycles. The molecule has 1 rings (SSSR count). The standard InChI is InChI=1S/C29H41NO5/c1-21-13-9-11-16-24(4)30-27(33)18-8-6-5-7-15-23(3)28(34)29(35)26(32)20-25(31)17-12-10-14-22(2)19-21/h5-15,17-19,23-26,28-29,31-32,34-35H,16,20H2,1-4H3,(H,30,33)/b6-5?,11-9?,14-10?,15-7?,17-12-,18-8?,21-13?,22-19?/t23-,24-,25-,26-,28+,29+/m0/s1. The summed E-state index contributed by atoms with van der Waals surface area (Å²) in [7, 11) is 0. The van der Waals surface area contributed by atoms with Crippen molar-refractivity contribution in [3.8, 4) is 0 Å². The maximum absolute atomic E-state index is 12.0. The van der Waals surface area contributed by atoms with Crippen LogP contribution < -0.4 is 5.32 Å². The van der Waals surface area contributed by atoms with Gasteiger partial charge in [0.2, 0.25) is 5.91 Å². The first-order valence-corrected chi connectivity index (χ1v) is 12.0. The van der Waals surface area contributed by atoms with E-state index < -0.39 is 30.3 Å². The minimum atomic E-state index is -1.41. The van der Waals surface area contributed by atoms with Crippen molar-refractivity contribution in [2.45, 2.75) is 71.0 Å². The van der Waals surface area contributed by atoms with Gasteiger partial charge in [0.25, 0.3) is 0 Å². The van der Waals surface area contributed by atoms with Gasteiger partial charge in [-0.1, -0.05) is 97.1 Å². The van der Waals surface area contributed by atoms with E-state index >= 15 is 0 Å². The van der Waals surface area contributed by atoms with Gasteiger partial charge in [0.05, 0.1) is 18.3 Å². The van der Waals surface area contributed by atoms with Crippen molar-refractivity contribution in [2.24, 2.45) is 5.92 Å². The Morgan fingerprint density at radius 1 is 0.800 bits per heavy atom. The monoisotopic (exact) mass is 483 g/mol. The molecule has 0 saturated heterocycles. The van der Waals surface area contributed by atoms with E-state index in [9.17, 15) is 25.2 Å². The summed E-state index contributed by atoms with van der Waals surface area (Å²) in [5.41, 5.74) is 2.09. The molecular formula is C29H41NO5. The first-order chi connectivity index (χ1) is 16.6. The van der Waals surface area contributed by atoms with E-state index in [-0.39, 0.29) is 18.4 Å². The second-order valence-corrected chi connectivity index (χ2v) is 8.96.